The molecule has 0 amide bonds. The van der Waals surface area contributed by atoms with Crippen LogP contribution in [0.3, 0.4) is 0 Å². The molecule has 0 aliphatic rings. The number of rotatable bonds is 3. The van der Waals surface area contributed by atoms with Crippen molar-refractivity contribution in [3.63, 3.8) is 0 Å². The Labute approximate surface area is 116 Å². The van der Waals surface area contributed by atoms with E-state index in [1.54, 1.807) is 16.5 Å². The summed E-state index contributed by atoms with van der Waals surface area (Å²) in [6.07, 6.45) is 2.62. The average molecular weight is 266 g/mol. The highest BCUT2D eigenvalue weighted by Crippen LogP contribution is 2.13. The highest BCUT2D eigenvalue weighted by molar-refractivity contribution is 5.88. The lowest BCUT2D eigenvalue weighted by molar-refractivity contribution is 0.0592. The second-order valence-corrected chi connectivity index (χ2v) is 4.53. The Balaban J connectivity index is 2.00. The van der Waals surface area contributed by atoms with E-state index in [1.807, 2.05) is 30.5 Å². The topological polar surface area (TPSA) is 43.6 Å². The van der Waals surface area contributed by atoms with Crippen molar-refractivity contribution in [2.75, 3.05) is 7.11 Å². The molecule has 0 bridgehead atoms. The van der Waals surface area contributed by atoms with E-state index in [1.165, 1.54) is 12.7 Å². The van der Waals surface area contributed by atoms with Crippen molar-refractivity contribution < 1.29 is 9.53 Å². The third kappa shape index (κ3) is 2.28. The van der Waals surface area contributed by atoms with E-state index in [0.29, 0.717) is 5.69 Å². The Bertz CT molecular complexity index is 748. The zero-order valence-corrected chi connectivity index (χ0v) is 11.1. The molecular weight excluding hydrogens is 252 g/mol. The molecule has 0 saturated heterocycles. The fraction of sp³-hybridized carbons (Fsp3) is 0.125. The largest absolute Gasteiger partial charge is 0.464 e. The van der Waals surface area contributed by atoms with Crippen LogP contribution >= 0.6 is 0 Å². The van der Waals surface area contributed by atoms with E-state index < -0.39 is 0 Å². The van der Waals surface area contributed by atoms with Gasteiger partial charge in [0, 0.05) is 12.6 Å². The van der Waals surface area contributed by atoms with Crippen LogP contribution in [-0.2, 0) is 11.2 Å². The minimum Gasteiger partial charge on any atom is -0.464 e. The molecule has 0 aliphatic carbocycles. The van der Waals surface area contributed by atoms with Gasteiger partial charge in [0.2, 0.25) is 0 Å². The van der Waals surface area contributed by atoms with Crippen LogP contribution in [0.2, 0.25) is 0 Å². The van der Waals surface area contributed by atoms with Gasteiger partial charge in [-0.25, -0.2) is 9.78 Å². The van der Waals surface area contributed by atoms with E-state index >= 15 is 0 Å². The predicted octanol–water partition coefficient (Wildman–Crippen LogP) is 2.71. The minimum absolute atomic E-state index is 0.362. The van der Waals surface area contributed by atoms with E-state index in [4.69, 9.17) is 4.74 Å². The predicted molar refractivity (Wildman–Crippen MR) is 75.8 cm³/mol. The Morgan fingerprint density at radius 2 is 1.95 bits per heavy atom. The van der Waals surface area contributed by atoms with Gasteiger partial charge in [-0.2, -0.15) is 0 Å². The number of imidazole rings is 1. The standard InChI is InChI=1S/C16H14N2O2/c1-20-16(19)14-8-5-9-15-17-13(11-18(14)15)10-12-6-3-2-4-7-12/h2-9,11H,10H2,1H3. The molecule has 3 aromatic rings. The third-order valence-corrected chi connectivity index (χ3v) is 3.16. The molecule has 0 radical (unpaired) electrons. The first kappa shape index (κ1) is 12.4. The van der Waals surface area contributed by atoms with Crippen molar-refractivity contribution in [2.45, 2.75) is 6.42 Å². The zero-order valence-electron chi connectivity index (χ0n) is 11.1. The quantitative estimate of drug-likeness (QED) is 0.685. The Kier molecular flexibility index (Phi) is 3.21. The maximum absolute atomic E-state index is 11.7. The summed E-state index contributed by atoms with van der Waals surface area (Å²) < 4.78 is 6.55. The molecule has 4 nitrogen and oxygen atoms in total. The molecule has 0 fully saturated rings. The molecule has 0 N–H and O–H groups in total. The average Bonchev–Trinajstić information content (AvgIpc) is 2.89. The second kappa shape index (κ2) is 5.17. The van der Waals surface area contributed by atoms with Gasteiger partial charge in [0.25, 0.3) is 0 Å². The van der Waals surface area contributed by atoms with Gasteiger partial charge < -0.3 is 4.74 Å². The lowest BCUT2D eigenvalue weighted by Crippen LogP contribution is -2.06. The molecule has 2 aromatic heterocycles. The third-order valence-electron chi connectivity index (χ3n) is 3.16. The number of pyridine rings is 1. The molecule has 4 heteroatoms. The molecule has 2 heterocycles. The first-order valence-corrected chi connectivity index (χ1v) is 6.37. The van der Waals surface area contributed by atoms with Gasteiger partial charge in [-0.1, -0.05) is 36.4 Å². The monoisotopic (exact) mass is 266 g/mol. The summed E-state index contributed by atoms with van der Waals surface area (Å²) >= 11 is 0. The molecule has 100 valence electrons. The van der Waals surface area contributed by atoms with Gasteiger partial charge >= 0.3 is 5.97 Å². The maximum atomic E-state index is 11.7. The fourth-order valence-electron chi connectivity index (χ4n) is 2.22. The van der Waals surface area contributed by atoms with Gasteiger partial charge in [-0.3, -0.25) is 4.40 Å². The molecule has 0 saturated carbocycles. The Morgan fingerprint density at radius 1 is 1.15 bits per heavy atom. The van der Waals surface area contributed by atoms with Crippen molar-refractivity contribution in [1.82, 2.24) is 9.38 Å². The number of aromatic nitrogens is 2. The molecule has 0 aliphatic heterocycles. The number of carbonyl (C=O) groups is 1. The summed E-state index contributed by atoms with van der Waals surface area (Å²) in [4.78, 5) is 16.3. The number of methoxy groups -OCH3 is 1. The van der Waals surface area contributed by atoms with Crippen molar-refractivity contribution in [1.29, 1.82) is 0 Å². The highest BCUT2D eigenvalue weighted by Gasteiger charge is 2.12. The van der Waals surface area contributed by atoms with Crippen LogP contribution in [0.1, 0.15) is 21.7 Å². The second-order valence-electron chi connectivity index (χ2n) is 4.53. The lowest BCUT2D eigenvalue weighted by Gasteiger charge is -2.01. The Hall–Kier alpha value is -2.62. The summed E-state index contributed by atoms with van der Waals surface area (Å²) in [5.74, 6) is -0.362. The smallest absolute Gasteiger partial charge is 0.355 e. The fourth-order valence-corrected chi connectivity index (χ4v) is 2.22. The number of fused-ring (bicyclic) bond motifs is 1. The number of esters is 1. The minimum atomic E-state index is -0.362. The van der Waals surface area contributed by atoms with E-state index in [0.717, 1.165) is 17.8 Å². The Morgan fingerprint density at radius 3 is 2.70 bits per heavy atom. The van der Waals surface area contributed by atoms with Gasteiger partial charge in [0.05, 0.1) is 12.8 Å². The molecule has 1 aromatic carbocycles. The molecule has 20 heavy (non-hydrogen) atoms. The van der Waals surface area contributed by atoms with Crippen LogP contribution in [0.15, 0.2) is 54.7 Å². The number of hydrogen-bond donors (Lipinski definition) is 0. The summed E-state index contributed by atoms with van der Waals surface area (Å²) in [5, 5.41) is 0. The number of carbonyl (C=O) groups excluding carboxylic acids is 1. The van der Waals surface area contributed by atoms with Crippen molar-refractivity contribution in [3.05, 3.63) is 71.7 Å². The van der Waals surface area contributed by atoms with Crippen LogP contribution in [0, 0.1) is 0 Å². The number of benzene rings is 1. The molecule has 0 unspecified atom stereocenters. The molecule has 0 atom stereocenters. The number of ether oxygens (including phenoxy) is 1. The highest BCUT2D eigenvalue weighted by atomic mass is 16.5. The van der Waals surface area contributed by atoms with Crippen LogP contribution in [0.5, 0.6) is 0 Å². The summed E-state index contributed by atoms with van der Waals surface area (Å²) in [6, 6.07) is 15.5. The van der Waals surface area contributed by atoms with Crippen LogP contribution in [-0.4, -0.2) is 22.5 Å². The van der Waals surface area contributed by atoms with E-state index in [-0.39, 0.29) is 5.97 Å². The van der Waals surface area contributed by atoms with Gasteiger partial charge in [0.1, 0.15) is 11.3 Å². The van der Waals surface area contributed by atoms with E-state index in [9.17, 15) is 4.79 Å². The number of nitrogens with zero attached hydrogens (tertiary/aromatic N) is 2. The summed E-state index contributed by atoms with van der Waals surface area (Å²) in [7, 11) is 1.38. The van der Waals surface area contributed by atoms with E-state index in [2.05, 4.69) is 17.1 Å². The summed E-state index contributed by atoms with van der Waals surface area (Å²) in [6.45, 7) is 0. The summed E-state index contributed by atoms with van der Waals surface area (Å²) in [5.41, 5.74) is 3.35. The number of hydrogen-bond acceptors (Lipinski definition) is 3. The normalized spacial score (nSPS) is 10.7. The first-order chi connectivity index (χ1) is 9.78. The van der Waals surface area contributed by atoms with Gasteiger partial charge in [-0.05, 0) is 17.7 Å². The van der Waals surface area contributed by atoms with Crippen molar-refractivity contribution in [2.24, 2.45) is 0 Å². The zero-order chi connectivity index (χ0) is 13.9. The van der Waals surface area contributed by atoms with Crippen LogP contribution < -0.4 is 0 Å². The molecule has 0 spiro atoms. The first-order valence-electron chi connectivity index (χ1n) is 6.37. The maximum Gasteiger partial charge on any atom is 0.355 e. The molecular formula is C16H14N2O2. The van der Waals surface area contributed by atoms with Crippen molar-refractivity contribution >= 4 is 11.6 Å². The lowest BCUT2D eigenvalue weighted by atomic mass is 10.1. The van der Waals surface area contributed by atoms with Crippen molar-refractivity contribution in [3.8, 4) is 0 Å². The van der Waals surface area contributed by atoms with Crippen LogP contribution in [0.4, 0.5) is 0 Å². The molecule has 3 rings (SSSR count). The van der Waals surface area contributed by atoms with Crippen LogP contribution in [0.25, 0.3) is 5.65 Å². The van der Waals surface area contributed by atoms with Gasteiger partial charge in [0.15, 0.2) is 0 Å². The SMILES string of the molecule is COC(=O)c1cccc2nc(Cc3ccccc3)cn12. The van der Waals surface area contributed by atoms with Gasteiger partial charge in [-0.15, -0.1) is 0 Å².